The number of allylic oxidation sites excluding steroid dienone is 1. The van der Waals surface area contributed by atoms with E-state index in [4.69, 9.17) is 9.47 Å². The molecule has 3 heteroatoms. The number of aliphatic hydroxyl groups is 1. The first-order chi connectivity index (χ1) is 13.7. The predicted octanol–water partition coefficient (Wildman–Crippen LogP) is 5.33. The Morgan fingerprint density at radius 3 is 2.04 bits per heavy atom. The van der Waals surface area contributed by atoms with E-state index in [0.717, 1.165) is 33.8 Å². The summed E-state index contributed by atoms with van der Waals surface area (Å²) in [5.41, 5.74) is 4.23. The Bertz CT molecular complexity index is 886. The van der Waals surface area contributed by atoms with Gasteiger partial charge in [0.25, 0.3) is 0 Å². The average molecular weight is 374 g/mol. The molecule has 3 aromatic rings. The molecule has 0 unspecified atom stereocenters. The third-order valence-electron chi connectivity index (χ3n) is 4.44. The molecule has 0 heterocycles. The van der Waals surface area contributed by atoms with Crippen LogP contribution < -0.4 is 9.47 Å². The summed E-state index contributed by atoms with van der Waals surface area (Å²) in [6, 6.07) is 26.1. The van der Waals surface area contributed by atoms with Crippen molar-refractivity contribution in [3.8, 4) is 11.5 Å². The molecule has 3 aromatic carbocycles. The third-order valence-corrected chi connectivity index (χ3v) is 4.44. The van der Waals surface area contributed by atoms with Gasteiger partial charge in [-0.25, -0.2) is 0 Å². The summed E-state index contributed by atoms with van der Waals surface area (Å²) in [7, 11) is 0. The number of ether oxygens (including phenoxy) is 2. The minimum atomic E-state index is 0.0599. The number of benzene rings is 3. The van der Waals surface area contributed by atoms with Gasteiger partial charge in [-0.1, -0.05) is 72.3 Å². The minimum absolute atomic E-state index is 0.0599. The van der Waals surface area contributed by atoms with Gasteiger partial charge in [0, 0.05) is 5.56 Å². The van der Waals surface area contributed by atoms with Crippen LogP contribution in [0.2, 0.25) is 0 Å². The van der Waals surface area contributed by atoms with Gasteiger partial charge in [-0.3, -0.25) is 0 Å². The number of rotatable bonds is 9. The Kier molecular flexibility index (Phi) is 7.28. The molecular weight excluding hydrogens is 348 g/mol. The lowest BCUT2D eigenvalue weighted by Gasteiger charge is -2.14. The normalized spacial score (nSPS) is 11.3. The standard InChI is InChI=1S/C25H26O3/c1-20(17-26)12-13-23-16-24(27-18-21-8-4-2-5-9-21)14-15-25(23)28-19-22-10-6-3-7-11-22/h2-12,14-16,26H,13,17-19H2,1H3/b20-12+. The molecule has 0 bridgehead atoms. The van der Waals surface area contributed by atoms with Crippen LogP contribution in [0, 0.1) is 0 Å². The van der Waals surface area contributed by atoms with E-state index in [1.54, 1.807) is 0 Å². The second kappa shape index (κ2) is 10.3. The zero-order valence-corrected chi connectivity index (χ0v) is 16.2. The molecule has 0 saturated carbocycles. The lowest BCUT2D eigenvalue weighted by Crippen LogP contribution is -2.00. The lowest BCUT2D eigenvalue weighted by atomic mass is 10.1. The van der Waals surface area contributed by atoms with Crippen LogP contribution >= 0.6 is 0 Å². The van der Waals surface area contributed by atoms with Crippen molar-refractivity contribution in [2.45, 2.75) is 26.6 Å². The summed E-state index contributed by atoms with van der Waals surface area (Å²) in [5.74, 6) is 1.64. The van der Waals surface area contributed by atoms with Crippen LogP contribution in [0.25, 0.3) is 0 Å². The highest BCUT2D eigenvalue weighted by Crippen LogP contribution is 2.27. The molecule has 0 aliphatic heterocycles. The van der Waals surface area contributed by atoms with Crippen LogP contribution in [0.1, 0.15) is 23.6 Å². The Labute approximate surface area is 166 Å². The van der Waals surface area contributed by atoms with Crippen LogP contribution in [-0.2, 0) is 19.6 Å². The van der Waals surface area contributed by atoms with Crippen molar-refractivity contribution in [1.82, 2.24) is 0 Å². The van der Waals surface area contributed by atoms with Crippen LogP contribution in [0.3, 0.4) is 0 Å². The molecule has 144 valence electrons. The van der Waals surface area contributed by atoms with Crippen molar-refractivity contribution in [2.24, 2.45) is 0 Å². The van der Waals surface area contributed by atoms with Gasteiger partial charge >= 0.3 is 0 Å². The molecule has 0 aliphatic rings. The second-order valence-electron chi connectivity index (χ2n) is 6.73. The first-order valence-electron chi connectivity index (χ1n) is 9.47. The molecule has 1 N–H and O–H groups in total. The molecule has 0 aromatic heterocycles. The van der Waals surface area contributed by atoms with Gasteiger partial charge in [-0.15, -0.1) is 0 Å². The van der Waals surface area contributed by atoms with E-state index >= 15 is 0 Å². The van der Waals surface area contributed by atoms with E-state index in [0.29, 0.717) is 19.6 Å². The van der Waals surface area contributed by atoms with Crippen molar-refractivity contribution in [1.29, 1.82) is 0 Å². The largest absolute Gasteiger partial charge is 0.489 e. The molecule has 0 saturated heterocycles. The van der Waals surface area contributed by atoms with Crippen molar-refractivity contribution < 1.29 is 14.6 Å². The van der Waals surface area contributed by atoms with Crippen molar-refractivity contribution >= 4 is 0 Å². The van der Waals surface area contributed by atoms with Gasteiger partial charge in [0.15, 0.2) is 0 Å². The smallest absolute Gasteiger partial charge is 0.123 e. The minimum Gasteiger partial charge on any atom is -0.489 e. The Morgan fingerprint density at radius 1 is 0.821 bits per heavy atom. The van der Waals surface area contributed by atoms with E-state index in [-0.39, 0.29) is 6.61 Å². The molecule has 3 rings (SSSR count). The van der Waals surface area contributed by atoms with E-state index in [1.165, 1.54) is 0 Å². The summed E-state index contributed by atoms with van der Waals surface area (Å²) in [4.78, 5) is 0. The molecule has 0 radical (unpaired) electrons. The van der Waals surface area contributed by atoms with Gasteiger partial charge < -0.3 is 14.6 Å². The average Bonchev–Trinajstić information content (AvgIpc) is 2.76. The van der Waals surface area contributed by atoms with Crippen molar-refractivity contribution in [3.05, 3.63) is 107 Å². The maximum absolute atomic E-state index is 9.27. The number of hydrogen-bond acceptors (Lipinski definition) is 3. The fourth-order valence-corrected chi connectivity index (χ4v) is 2.77. The molecule has 0 aliphatic carbocycles. The first-order valence-corrected chi connectivity index (χ1v) is 9.47. The van der Waals surface area contributed by atoms with Gasteiger partial charge in [0.05, 0.1) is 6.61 Å². The monoisotopic (exact) mass is 374 g/mol. The summed E-state index contributed by atoms with van der Waals surface area (Å²) < 4.78 is 12.0. The van der Waals surface area contributed by atoms with E-state index in [1.807, 2.05) is 91.9 Å². The fourth-order valence-electron chi connectivity index (χ4n) is 2.77. The Balaban J connectivity index is 1.73. The summed E-state index contributed by atoms with van der Waals surface area (Å²) in [6.45, 7) is 3.02. The topological polar surface area (TPSA) is 38.7 Å². The number of hydrogen-bond donors (Lipinski definition) is 1. The zero-order valence-electron chi connectivity index (χ0n) is 16.2. The van der Waals surface area contributed by atoms with Crippen LogP contribution in [0.4, 0.5) is 0 Å². The van der Waals surface area contributed by atoms with Crippen LogP contribution in [0.5, 0.6) is 11.5 Å². The highest BCUT2D eigenvalue weighted by Gasteiger charge is 2.07. The Morgan fingerprint density at radius 2 is 1.43 bits per heavy atom. The van der Waals surface area contributed by atoms with Gasteiger partial charge in [0.1, 0.15) is 24.7 Å². The maximum Gasteiger partial charge on any atom is 0.123 e. The Hall–Kier alpha value is -3.04. The van der Waals surface area contributed by atoms with E-state index < -0.39 is 0 Å². The lowest BCUT2D eigenvalue weighted by molar-refractivity contribution is 0.295. The highest BCUT2D eigenvalue weighted by atomic mass is 16.5. The third kappa shape index (κ3) is 6.00. The van der Waals surface area contributed by atoms with Crippen molar-refractivity contribution in [3.63, 3.8) is 0 Å². The summed E-state index contributed by atoms with van der Waals surface area (Å²) >= 11 is 0. The quantitative estimate of drug-likeness (QED) is 0.515. The number of aliphatic hydroxyl groups excluding tert-OH is 1. The van der Waals surface area contributed by atoms with Crippen molar-refractivity contribution in [2.75, 3.05) is 6.61 Å². The molecule has 0 fully saturated rings. The van der Waals surface area contributed by atoms with Crippen LogP contribution in [0.15, 0.2) is 90.5 Å². The summed E-state index contributed by atoms with van der Waals surface area (Å²) in [5, 5.41) is 9.27. The molecular formula is C25H26O3. The SMILES string of the molecule is C/C(=C\Cc1cc(OCc2ccccc2)ccc1OCc1ccccc1)CO. The molecule has 0 atom stereocenters. The second-order valence-corrected chi connectivity index (χ2v) is 6.73. The van der Waals surface area contributed by atoms with Gasteiger partial charge in [0.2, 0.25) is 0 Å². The maximum atomic E-state index is 9.27. The van der Waals surface area contributed by atoms with Crippen LogP contribution in [-0.4, -0.2) is 11.7 Å². The first kappa shape index (κ1) is 19.7. The molecule has 28 heavy (non-hydrogen) atoms. The summed E-state index contributed by atoms with van der Waals surface area (Å²) in [6.07, 6.45) is 2.70. The predicted molar refractivity (Wildman–Crippen MR) is 113 cm³/mol. The van der Waals surface area contributed by atoms with E-state index in [2.05, 4.69) is 0 Å². The van der Waals surface area contributed by atoms with Gasteiger partial charge in [-0.05, 0) is 42.7 Å². The fraction of sp³-hybridized carbons (Fsp3) is 0.200. The molecule has 0 amide bonds. The zero-order chi connectivity index (χ0) is 19.6. The van der Waals surface area contributed by atoms with E-state index in [9.17, 15) is 5.11 Å². The molecule has 3 nitrogen and oxygen atoms in total. The molecule has 0 spiro atoms. The van der Waals surface area contributed by atoms with Gasteiger partial charge in [-0.2, -0.15) is 0 Å². The highest BCUT2D eigenvalue weighted by molar-refractivity contribution is 5.42.